The summed E-state index contributed by atoms with van der Waals surface area (Å²) in [4.78, 5) is 13.7. The molecule has 1 saturated heterocycles. The van der Waals surface area contributed by atoms with Crippen LogP contribution in [0.2, 0.25) is 0 Å². The molecule has 0 radical (unpaired) electrons. The largest absolute Gasteiger partial charge is 0.372 e. The van der Waals surface area contributed by atoms with Gasteiger partial charge in [-0.3, -0.25) is 9.35 Å². The molecule has 1 aliphatic rings. The van der Waals surface area contributed by atoms with Crippen molar-refractivity contribution in [3.05, 3.63) is 36.0 Å². The van der Waals surface area contributed by atoms with Gasteiger partial charge in [0.25, 0.3) is 16.0 Å². The predicted molar refractivity (Wildman–Crippen MR) is 90.2 cm³/mol. The summed E-state index contributed by atoms with van der Waals surface area (Å²) < 4.78 is 36.9. The van der Waals surface area contributed by atoms with E-state index in [1.807, 2.05) is 19.9 Å². The van der Waals surface area contributed by atoms with E-state index >= 15 is 0 Å². The molecule has 2 N–H and O–H groups in total. The highest BCUT2D eigenvalue weighted by atomic mass is 32.2. The lowest BCUT2D eigenvalue weighted by atomic mass is 10.2. The zero-order chi connectivity index (χ0) is 18.6. The number of morpholine rings is 1. The Balaban J connectivity index is 2.15. The normalized spacial score (nSPS) is 21.5. The second-order valence-corrected chi connectivity index (χ2v) is 7.21. The monoisotopic (exact) mass is 365 g/mol. The maximum atomic E-state index is 12.5. The van der Waals surface area contributed by atoms with Gasteiger partial charge in [-0.2, -0.15) is 13.7 Å². The Morgan fingerprint density at radius 3 is 2.60 bits per heavy atom. The molecule has 0 aromatic heterocycles. The first-order valence-electron chi connectivity index (χ1n) is 7.60. The summed E-state index contributed by atoms with van der Waals surface area (Å²) in [6.07, 6.45) is 0.982. The molecule has 9 heteroatoms. The van der Waals surface area contributed by atoms with E-state index in [0.717, 1.165) is 0 Å². The number of hydrogen-bond acceptors (Lipinski definition) is 6. The van der Waals surface area contributed by atoms with Crippen LogP contribution in [0.4, 0.5) is 5.69 Å². The van der Waals surface area contributed by atoms with Crippen molar-refractivity contribution in [3.63, 3.8) is 0 Å². The molecule has 0 aliphatic carbocycles. The number of nitriles is 1. The third kappa shape index (κ3) is 5.03. The van der Waals surface area contributed by atoms with Gasteiger partial charge in [-0.05, 0) is 32.0 Å². The zero-order valence-corrected chi connectivity index (χ0v) is 14.7. The second kappa shape index (κ2) is 7.65. The molecule has 1 heterocycles. The van der Waals surface area contributed by atoms with Crippen LogP contribution in [0.15, 0.2) is 40.9 Å². The van der Waals surface area contributed by atoms with Crippen molar-refractivity contribution >= 4 is 21.7 Å². The summed E-state index contributed by atoms with van der Waals surface area (Å²) in [6.45, 7) is 4.48. The highest BCUT2D eigenvalue weighted by Gasteiger charge is 2.27. The topological polar surface area (TPSA) is 120 Å². The van der Waals surface area contributed by atoms with Crippen LogP contribution < -0.4 is 5.32 Å². The first kappa shape index (κ1) is 18.9. The SMILES string of the molecule is CC1CN(C(=O)/C(C#N)=C\Nc2cccc(S(=O)(=O)O)c2)CC(C)O1. The molecule has 1 fully saturated rings. The van der Waals surface area contributed by atoms with Gasteiger partial charge in [-0.25, -0.2) is 0 Å². The van der Waals surface area contributed by atoms with E-state index in [1.54, 1.807) is 11.0 Å². The summed E-state index contributed by atoms with van der Waals surface area (Å²) in [6, 6.07) is 7.25. The number of nitrogens with zero attached hydrogens (tertiary/aromatic N) is 2. The zero-order valence-electron chi connectivity index (χ0n) is 13.8. The van der Waals surface area contributed by atoms with E-state index in [1.165, 1.54) is 24.4 Å². The van der Waals surface area contributed by atoms with Crippen LogP contribution in [0.25, 0.3) is 0 Å². The quantitative estimate of drug-likeness (QED) is 0.470. The number of carbonyl (C=O) groups is 1. The number of amides is 1. The fourth-order valence-corrected chi connectivity index (χ4v) is 3.08. The highest BCUT2D eigenvalue weighted by Crippen LogP contribution is 2.17. The number of hydrogen-bond donors (Lipinski definition) is 2. The molecule has 1 aliphatic heterocycles. The summed E-state index contributed by atoms with van der Waals surface area (Å²) >= 11 is 0. The van der Waals surface area contributed by atoms with Crippen molar-refractivity contribution in [2.24, 2.45) is 0 Å². The van der Waals surface area contributed by atoms with Crippen molar-refractivity contribution in [3.8, 4) is 6.07 Å². The summed E-state index contributed by atoms with van der Waals surface area (Å²) in [7, 11) is -4.33. The Bertz CT molecular complexity index is 818. The predicted octanol–water partition coefficient (Wildman–Crippen LogP) is 1.39. The summed E-state index contributed by atoms with van der Waals surface area (Å²) in [5, 5.41) is 12.0. The molecule has 1 aromatic carbocycles. The average Bonchev–Trinajstić information content (AvgIpc) is 2.54. The van der Waals surface area contributed by atoms with Crippen molar-refractivity contribution in [2.75, 3.05) is 18.4 Å². The van der Waals surface area contributed by atoms with Gasteiger partial charge in [0, 0.05) is 25.0 Å². The summed E-state index contributed by atoms with van der Waals surface area (Å²) in [5.74, 6) is -0.428. The molecular weight excluding hydrogens is 346 g/mol. The van der Waals surface area contributed by atoms with Crippen LogP contribution in [0.3, 0.4) is 0 Å². The number of benzene rings is 1. The average molecular weight is 365 g/mol. The van der Waals surface area contributed by atoms with E-state index in [9.17, 15) is 18.5 Å². The first-order chi connectivity index (χ1) is 11.7. The van der Waals surface area contributed by atoms with Gasteiger partial charge in [0.2, 0.25) is 0 Å². The Morgan fingerprint density at radius 2 is 2.04 bits per heavy atom. The summed E-state index contributed by atoms with van der Waals surface area (Å²) in [5.41, 5.74) is 0.206. The fourth-order valence-electron chi connectivity index (χ4n) is 2.56. The van der Waals surface area contributed by atoms with Crippen LogP contribution in [-0.4, -0.2) is 49.1 Å². The number of nitrogens with one attached hydrogen (secondary N) is 1. The van der Waals surface area contributed by atoms with E-state index in [0.29, 0.717) is 18.8 Å². The third-order valence-corrected chi connectivity index (χ3v) is 4.42. The molecular formula is C16H19N3O5S. The lowest BCUT2D eigenvalue weighted by molar-refractivity contribution is -0.138. The Kier molecular flexibility index (Phi) is 5.79. The molecule has 25 heavy (non-hydrogen) atoms. The minimum Gasteiger partial charge on any atom is -0.372 e. The molecule has 0 bridgehead atoms. The number of ether oxygens (including phenoxy) is 1. The Hall–Kier alpha value is -2.41. The van der Waals surface area contributed by atoms with E-state index in [2.05, 4.69) is 5.32 Å². The maximum Gasteiger partial charge on any atom is 0.294 e. The van der Waals surface area contributed by atoms with E-state index in [4.69, 9.17) is 9.29 Å². The molecule has 8 nitrogen and oxygen atoms in total. The number of anilines is 1. The second-order valence-electron chi connectivity index (χ2n) is 5.78. The van der Waals surface area contributed by atoms with Gasteiger partial charge < -0.3 is 15.0 Å². The van der Waals surface area contributed by atoms with Gasteiger partial charge in [-0.15, -0.1) is 0 Å². The standard InChI is InChI=1S/C16H19N3O5S/c1-11-9-19(10-12(2)24-11)16(20)13(7-17)8-18-14-4-3-5-15(6-14)25(21,22)23/h3-6,8,11-12,18H,9-10H2,1-2H3,(H,21,22,23)/b13-8-. The van der Waals surface area contributed by atoms with Gasteiger partial charge in [0.1, 0.15) is 11.6 Å². The lowest BCUT2D eigenvalue weighted by Crippen LogP contribution is -2.48. The molecule has 2 atom stereocenters. The minimum absolute atomic E-state index is 0.112. The molecule has 0 saturated carbocycles. The van der Waals surface area contributed by atoms with Crippen LogP contribution >= 0.6 is 0 Å². The number of rotatable bonds is 4. The maximum absolute atomic E-state index is 12.5. The third-order valence-electron chi connectivity index (χ3n) is 3.57. The Labute approximate surface area is 146 Å². The molecule has 2 rings (SSSR count). The van der Waals surface area contributed by atoms with Crippen molar-refractivity contribution in [2.45, 2.75) is 31.0 Å². The fraction of sp³-hybridized carbons (Fsp3) is 0.375. The molecule has 0 spiro atoms. The van der Waals surface area contributed by atoms with Gasteiger partial charge in [-0.1, -0.05) is 6.07 Å². The molecule has 1 amide bonds. The van der Waals surface area contributed by atoms with Crippen molar-refractivity contribution in [1.82, 2.24) is 4.90 Å². The lowest BCUT2D eigenvalue weighted by Gasteiger charge is -2.35. The van der Waals surface area contributed by atoms with Gasteiger partial charge in [0.05, 0.1) is 17.1 Å². The molecule has 2 unspecified atom stereocenters. The first-order valence-corrected chi connectivity index (χ1v) is 9.04. The van der Waals surface area contributed by atoms with Gasteiger partial charge in [0.15, 0.2) is 0 Å². The van der Waals surface area contributed by atoms with Crippen LogP contribution in [0.5, 0.6) is 0 Å². The number of carbonyl (C=O) groups excluding carboxylic acids is 1. The molecule has 1 aromatic rings. The van der Waals surface area contributed by atoms with Crippen LogP contribution in [-0.2, 0) is 19.6 Å². The van der Waals surface area contributed by atoms with Crippen LogP contribution in [0, 0.1) is 11.3 Å². The molecule has 134 valence electrons. The van der Waals surface area contributed by atoms with Crippen LogP contribution in [0.1, 0.15) is 13.8 Å². The van der Waals surface area contributed by atoms with Gasteiger partial charge >= 0.3 is 0 Å². The smallest absolute Gasteiger partial charge is 0.294 e. The highest BCUT2D eigenvalue weighted by molar-refractivity contribution is 7.85. The van der Waals surface area contributed by atoms with E-state index in [-0.39, 0.29) is 22.7 Å². The van der Waals surface area contributed by atoms with E-state index < -0.39 is 16.0 Å². The van der Waals surface area contributed by atoms with Crippen molar-refractivity contribution in [1.29, 1.82) is 5.26 Å². The minimum atomic E-state index is -4.33. The Morgan fingerprint density at radius 1 is 1.40 bits per heavy atom. The van der Waals surface area contributed by atoms with Crippen molar-refractivity contribution < 1.29 is 22.5 Å².